The molecule has 114 valence electrons. The number of halogens is 1. The fraction of sp³-hybridized carbons (Fsp3) is 0.625. The van der Waals surface area contributed by atoms with Crippen molar-refractivity contribution in [3.63, 3.8) is 0 Å². The monoisotopic (exact) mass is 298 g/mol. The first-order valence-electron chi connectivity index (χ1n) is 7.36. The normalized spacial score (nSPS) is 13.2. The van der Waals surface area contributed by atoms with E-state index in [2.05, 4.69) is 30.1 Å². The van der Waals surface area contributed by atoms with E-state index in [4.69, 9.17) is 16.7 Å². The number of nitrogens with zero attached hydrogens (tertiary/aromatic N) is 1. The molecule has 0 bridgehead atoms. The van der Waals surface area contributed by atoms with E-state index in [1.54, 1.807) is 0 Å². The fourth-order valence-corrected chi connectivity index (χ4v) is 2.68. The summed E-state index contributed by atoms with van der Waals surface area (Å²) in [5.41, 5.74) is 1.16. The van der Waals surface area contributed by atoms with E-state index in [-0.39, 0.29) is 12.6 Å². The zero-order chi connectivity index (χ0) is 15.0. The van der Waals surface area contributed by atoms with Crippen LogP contribution in [0.25, 0.3) is 0 Å². The van der Waals surface area contributed by atoms with E-state index in [0.717, 1.165) is 36.5 Å². The van der Waals surface area contributed by atoms with E-state index in [1.165, 1.54) is 0 Å². The molecule has 0 radical (unpaired) electrons. The van der Waals surface area contributed by atoms with Crippen LogP contribution in [-0.2, 0) is 0 Å². The maximum absolute atomic E-state index is 8.98. The quantitative estimate of drug-likeness (QED) is 0.735. The second-order valence-corrected chi connectivity index (χ2v) is 5.77. The lowest BCUT2D eigenvalue weighted by Crippen LogP contribution is -2.35. The molecule has 0 aromatic heterocycles. The highest BCUT2D eigenvalue weighted by Gasteiger charge is 2.15. The summed E-state index contributed by atoms with van der Waals surface area (Å²) in [5, 5.41) is 13.1. The van der Waals surface area contributed by atoms with Gasteiger partial charge in [0.2, 0.25) is 0 Å². The Labute approximate surface area is 127 Å². The van der Waals surface area contributed by atoms with Gasteiger partial charge in [-0.2, -0.15) is 0 Å². The number of benzene rings is 1. The predicted octanol–water partition coefficient (Wildman–Crippen LogP) is 3.08. The molecule has 0 saturated carbocycles. The molecule has 0 fully saturated rings. The largest absolute Gasteiger partial charge is 0.396 e. The SMILES string of the molecule is CNC(CCN(CCCO)C(C)C)c1ccccc1Cl. The Morgan fingerprint density at radius 3 is 2.50 bits per heavy atom. The van der Waals surface area contributed by atoms with E-state index < -0.39 is 0 Å². The van der Waals surface area contributed by atoms with Crippen molar-refractivity contribution in [3.05, 3.63) is 34.9 Å². The summed E-state index contributed by atoms with van der Waals surface area (Å²) in [4.78, 5) is 2.40. The third kappa shape index (κ3) is 5.41. The Bertz CT molecular complexity index is 384. The molecule has 0 aliphatic carbocycles. The number of aliphatic hydroxyl groups excluding tert-OH is 1. The van der Waals surface area contributed by atoms with E-state index >= 15 is 0 Å². The van der Waals surface area contributed by atoms with Crippen molar-refractivity contribution in [2.24, 2.45) is 0 Å². The van der Waals surface area contributed by atoms with Crippen molar-refractivity contribution in [2.45, 2.75) is 38.8 Å². The average molecular weight is 299 g/mol. The van der Waals surface area contributed by atoms with Gasteiger partial charge in [0.05, 0.1) is 0 Å². The van der Waals surface area contributed by atoms with Crippen molar-refractivity contribution in [3.8, 4) is 0 Å². The lowest BCUT2D eigenvalue weighted by Gasteiger charge is -2.28. The molecule has 20 heavy (non-hydrogen) atoms. The minimum absolute atomic E-state index is 0.253. The summed E-state index contributed by atoms with van der Waals surface area (Å²) in [6.07, 6.45) is 1.83. The van der Waals surface area contributed by atoms with Crippen molar-refractivity contribution >= 4 is 11.6 Å². The number of aliphatic hydroxyl groups is 1. The van der Waals surface area contributed by atoms with Gasteiger partial charge in [0.15, 0.2) is 0 Å². The van der Waals surface area contributed by atoms with Gasteiger partial charge < -0.3 is 15.3 Å². The topological polar surface area (TPSA) is 35.5 Å². The first kappa shape index (κ1) is 17.4. The van der Waals surface area contributed by atoms with Crippen molar-refractivity contribution in [2.75, 3.05) is 26.7 Å². The van der Waals surface area contributed by atoms with Crippen LogP contribution in [0.15, 0.2) is 24.3 Å². The Morgan fingerprint density at radius 1 is 1.25 bits per heavy atom. The van der Waals surface area contributed by atoms with Crippen molar-refractivity contribution < 1.29 is 5.11 Å². The smallest absolute Gasteiger partial charge is 0.0453 e. The zero-order valence-electron chi connectivity index (χ0n) is 12.8. The first-order chi connectivity index (χ1) is 9.60. The van der Waals surface area contributed by atoms with Crippen LogP contribution < -0.4 is 5.32 Å². The summed E-state index contributed by atoms with van der Waals surface area (Å²) >= 11 is 6.27. The zero-order valence-corrected chi connectivity index (χ0v) is 13.5. The second kappa shape index (κ2) is 9.35. The van der Waals surface area contributed by atoms with Gasteiger partial charge in [-0.25, -0.2) is 0 Å². The van der Waals surface area contributed by atoms with E-state index in [0.29, 0.717) is 6.04 Å². The van der Waals surface area contributed by atoms with Crippen LogP contribution in [0.5, 0.6) is 0 Å². The molecule has 2 N–H and O–H groups in total. The molecule has 1 atom stereocenters. The molecule has 1 aromatic rings. The predicted molar refractivity (Wildman–Crippen MR) is 86.3 cm³/mol. The number of hydrogen-bond acceptors (Lipinski definition) is 3. The van der Waals surface area contributed by atoms with Crippen LogP contribution in [0.4, 0.5) is 0 Å². The van der Waals surface area contributed by atoms with E-state index in [9.17, 15) is 0 Å². The van der Waals surface area contributed by atoms with Gasteiger partial charge in [0.1, 0.15) is 0 Å². The van der Waals surface area contributed by atoms with Crippen LogP contribution in [0, 0.1) is 0 Å². The summed E-state index contributed by atoms with van der Waals surface area (Å²) in [7, 11) is 1.97. The van der Waals surface area contributed by atoms with Crippen LogP contribution >= 0.6 is 11.6 Å². The van der Waals surface area contributed by atoms with Crippen molar-refractivity contribution in [1.82, 2.24) is 10.2 Å². The molecule has 0 spiro atoms. The number of nitrogens with one attached hydrogen (secondary N) is 1. The highest BCUT2D eigenvalue weighted by atomic mass is 35.5. The highest BCUT2D eigenvalue weighted by molar-refractivity contribution is 6.31. The summed E-state index contributed by atoms with van der Waals surface area (Å²) < 4.78 is 0. The third-order valence-corrected chi connectivity index (χ3v) is 4.01. The van der Waals surface area contributed by atoms with Gasteiger partial charge in [-0.05, 0) is 45.4 Å². The summed E-state index contributed by atoms with van der Waals surface area (Å²) in [6, 6.07) is 8.76. The standard InChI is InChI=1S/C16H27ClN2O/c1-13(2)19(10-6-12-20)11-9-16(18-3)14-7-4-5-8-15(14)17/h4-5,7-8,13,16,18,20H,6,9-12H2,1-3H3. The molecule has 0 aliphatic heterocycles. The van der Waals surface area contributed by atoms with Crippen LogP contribution in [0.2, 0.25) is 5.02 Å². The minimum atomic E-state index is 0.253. The maximum Gasteiger partial charge on any atom is 0.0453 e. The van der Waals surface area contributed by atoms with Crippen LogP contribution in [0.3, 0.4) is 0 Å². The summed E-state index contributed by atoms with van der Waals surface area (Å²) in [6.45, 7) is 6.58. The van der Waals surface area contributed by atoms with Gasteiger partial charge >= 0.3 is 0 Å². The first-order valence-corrected chi connectivity index (χ1v) is 7.74. The lowest BCUT2D eigenvalue weighted by molar-refractivity contribution is 0.184. The lowest BCUT2D eigenvalue weighted by atomic mass is 10.0. The fourth-order valence-electron chi connectivity index (χ4n) is 2.41. The average Bonchev–Trinajstić information content (AvgIpc) is 2.43. The summed E-state index contributed by atoms with van der Waals surface area (Å²) in [5.74, 6) is 0. The Balaban J connectivity index is 2.62. The Hall–Kier alpha value is -0.610. The molecule has 0 aliphatic rings. The molecule has 1 aromatic carbocycles. The molecule has 0 amide bonds. The highest BCUT2D eigenvalue weighted by Crippen LogP contribution is 2.25. The number of rotatable bonds is 9. The van der Waals surface area contributed by atoms with Gasteiger partial charge in [0.25, 0.3) is 0 Å². The van der Waals surface area contributed by atoms with Crippen LogP contribution in [-0.4, -0.2) is 42.8 Å². The van der Waals surface area contributed by atoms with Gasteiger partial charge in [-0.15, -0.1) is 0 Å². The van der Waals surface area contributed by atoms with Gasteiger partial charge in [-0.1, -0.05) is 29.8 Å². The second-order valence-electron chi connectivity index (χ2n) is 5.36. The molecule has 4 heteroatoms. The molecule has 1 rings (SSSR count). The van der Waals surface area contributed by atoms with Crippen LogP contribution in [0.1, 0.15) is 38.3 Å². The molecular formula is C16H27ClN2O. The molecular weight excluding hydrogens is 272 g/mol. The maximum atomic E-state index is 8.98. The van der Waals surface area contributed by atoms with Gasteiger partial charge in [-0.3, -0.25) is 0 Å². The van der Waals surface area contributed by atoms with Gasteiger partial charge in [0, 0.05) is 36.8 Å². The Morgan fingerprint density at radius 2 is 1.95 bits per heavy atom. The minimum Gasteiger partial charge on any atom is -0.396 e. The number of hydrogen-bond donors (Lipinski definition) is 2. The Kier molecular flexibility index (Phi) is 8.15. The molecule has 1 unspecified atom stereocenters. The third-order valence-electron chi connectivity index (χ3n) is 3.67. The molecule has 0 heterocycles. The van der Waals surface area contributed by atoms with E-state index in [1.807, 2.05) is 25.2 Å². The van der Waals surface area contributed by atoms with Crippen molar-refractivity contribution in [1.29, 1.82) is 0 Å². The molecule has 3 nitrogen and oxygen atoms in total. The molecule has 0 saturated heterocycles.